The first-order chi connectivity index (χ1) is 16.8. The molecule has 160 valence electrons. The van der Waals surface area contributed by atoms with Crippen molar-refractivity contribution in [1.82, 2.24) is 9.38 Å². The molecule has 0 N–H and O–H groups in total. The molecule has 34 heavy (non-hydrogen) atoms. The van der Waals surface area contributed by atoms with E-state index in [4.69, 9.17) is 4.98 Å². The SMILES string of the molecule is c1ccc(-c2ccc(-c3ccc4nc5c6ccccc6c(-c6ccccc6)cn5c4c3)s2)cc1. The minimum absolute atomic E-state index is 0.999. The van der Waals surface area contributed by atoms with Gasteiger partial charge < -0.3 is 0 Å². The molecule has 0 saturated carbocycles. The molecule has 7 aromatic rings. The molecule has 0 aliphatic carbocycles. The van der Waals surface area contributed by atoms with Crippen LogP contribution in [-0.4, -0.2) is 9.38 Å². The second-order valence-corrected chi connectivity index (χ2v) is 9.58. The van der Waals surface area contributed by atoms with Gasteiger partial charge in [0.15, 0.2) is 0 Å². The van der Waals surface area contributed by atoms with Crippen molar-refractivity contribution >= 4 is 38.8 Å². The maximum Gasteiger partial charge on any atom is 0.145 e. The molecule has 0 aliphatic rings. The molecule has 0 atom stereocenters. The van der Waals surface area contributed by atoms with E-state index >= 15 is 0 Å². The van der Waals surface area contributed by atoms with Gasteiger partial charge in [0.1, 0.15) is 5.65 Å². The van der Waals surface area contributed by atoms with Crippen LogP contribution in [0.25, 0.3) is 59.5 Å². The molecular formula is C31H20N2S. The highest BCUT2D eigenvalue weighted by atomic mass is 32.1. The molecule has 0 fully saturated rings. The van der Waals surface area contributed by atoms with Crippen molar-refractivity contribution in [2.75, 3.05) is 0 Å². The van der Waals surface area contributed by atoms with Crippen molar-refractivity contribution in [2.24, 2.45) is 0 Å². The fraction of sp³-hybridized carbons (Fsp3) is 0. The Labute approximate surface area is 201 Å². The van der Waals surface area contributed by atoms with Crippen LogP contribution in [0, 0.1) is 0 Å². The van der Waals surface area contributed by atoms with Crippen LogP contribution in [-0.2, 0) is 0 Å². The normalized spacial score (nSPS) is 11.5. The third-order valence-corrected chi connectivity index (χ3v) is 7.62. The van der Waals surface area contributed by atoms with Gasteiger partial charge in [-0.2, -0.15) is 0 Å². The van der Waals surface area contributed by atoms with Gasteiger partial charge in [-0.1, -0.05) is 91.0 Å². The minimum Gasteiger partial charge on any atom is -0.298 e. The third kappa shape index (κ3) is 3.06. The van der Waals surface area contributed by atoms with Gasteiger partial charge in [-0.05, 0) is 46.3 Å². The molecule has 3 aromatic heterocycles. The molecule has 0 amide bonds. The lowest BCUT2D eigenvalue weighted by atomic mass is 10.0. The lowest BCUT2D eigenvalue weighted by Gasteiger charge is -2.09. The summed E-state index contributed by atoms with van der Waals surface area (Å²) in [6.07, 6.45) is 2.25. The number of rotatable bonds is 3. The number of hydrogen-bond acceptors (Lipinski definition) is 2. The summed E-state index contributed by atoms with van der Waals surface area (Å²) in [5.74, 6) is 0. The molecule has 7 rings (SSSR count). The van der Waals surface area contributed by atoms with E-state index in [0.29, 0.717) is 0 Å². The molecule has 0 spiro atoms. The first kappa shape index (κ1) is 19.3. The number of hydrogen-bond donors (Lipinski definition) is 0. The summed E-state index contributed by atoms with van der Waals surface area (Å²) in [6.45, 7) is 0. The summed E-state index contributed by atoms with van der Waals surface area (Å²) in [5, 5.41) is 2.39. The molecule has 0 unspecified atom stereocenters. The fourth-order valence-electron chi connectivity index (χ4n) is 4.78. The maximum absolute atomic E-state index is 5.03. The Kier molecular flexibility index (Phi) is 4.36. The van der Waals surface area contributed by atoms with E-state index in [1.807, 2.05) is 11.3 Å². The Morgan fingerprint density at radius 2 is 1.21 bits per heavy atom. The van der Waals surface area contributed by atoms with Crippen LogP contribution >= 0.6 is 11.3 Å². The largest absolute Gasteiger partial charge is 0.298 e. The smallest absolute Gasteiger partial charge is 0.145 e. The van der Waals surface area contributed by atoms with Crippen molar-refractivity contribution in [1.29, 1.82) is 0 Å². The number of aromatic nitrogens is 2. The van der Waals surface area contributed by atoms with E-state index < -0.39 is 0 Å². The van der Waals surface area contributed by atoms with Crippen LogP contribution in [0.2, 0.25) is 0 Å². The molecule has 3 heteroatoms. The van der Waals surface area contributed by atoms with Gasteiger partial charge in [0.05, 0.1) is 11.0 Å². The molecule has 0 aliphatic heterocycles. The zero-order valence-corrected chi connectivity index (χ0v) is 19.2. The summed E-state index contributed by atoms with van der Waals surface area (Å²) >= 11 is 1.83. The van der Waals surface area contributed by atoms with Gasteiger partial charge in [-0.15, -0.1) is 11.3 Å². The van der Waals surface area contributed by atoms with E-state index in [-0.39, 0.29) is 0 Å². The van der Waals surface area contributed by atoms with E-state index in [1.54, 1.807) is 0 Å². The lowest BCUT2D eigenvalue weighted by Crippen LogP contribution is -1.91. The van der Waals surface area contributed by atoms with Crippen molar-refractivity contribution in [3.05, 3.63) is 121 Å². The number of nitrogens with zero attached hydrogens (tertiary/aromatic N) is 2. The van der Waals surface area contributed by atoms with Gasteiger partial charge in [0.2, 0.25) is 0 Å². The fourth-order valence-corrected chi connectivity index (χ4v) is 5.78. The highest BCUT2D eigenvalue weighted by Crippen LogP contribution is 2.37. The minimum atomic E-state index is 0.999. The van der Waals surface area contributed by atoms with Crippen LogP contribution < -0.4 is 0 Å². The van der Waals surface area contributed by atoms with Gasteiger partial charge in [0, 0.05) is 26.9 Å². The summed E-state index contributed by atoms with van der Waals surface area (Å²) in [7, 11) is 0. The second-order valence-electron chi connectivity index (χ2n) is 8.49. The van der Waals surface area contributed by atoms with Gasteiger partial charge in [-0.25, -0.2) is 4.98 Å². The summed E-state index contributed by atoms with van der Waals surface area (Å²) < 4.78 is 2.26. The lowest BCUT2D eigenvalue weighted by molar-refractivity contribution is 1.25. The zero-order chi connectivity index (χ0) is 22.5. The number of benzene rings is 4. The van der Waals surface area contributed by atoms with E-state index in [1.165, 1.54) is 42.8 Å². The first-order valence-electron chi connectivity index (χ1n) is 11.4. The summed E-state index contributed by atoms with van der Waals surface area (Å²) in [6, 6.07) is 40.8. The van der Waals surface area contributed by atoms with Crippen LogP contribution in [0.15, 0.2) is 121 Å². The van der Waals surface area contributed by atoms with Gasteiger partial charge in [0.25, 0.3) is 0 Å². The Morgan fingerprint density at radius 3 is 1.97 bits per heavy atom. The Balaban J connectivity index is 1.45. The Hall–Kier alpha value is -4.21. The van der Waals surface area contributed by atoms with Gasteiger partial charge >= 0.3 is 0 Å². The van der Waals surface area contributed by atoms with Crippen LogP contribution in [0.1, 0.15) is 0 Å². The third-order valence-electron chi connectivity index (χ3n) is 6.44. The summed E-state index contributed by atoms with van der Waals surface area (Å²) in [4.78, 5) is 7.58. The maximum atomic E-state index is 5.03. The molecule has 0 radical (unpaired) electrons. The van der Waals surface area contributed by atoms with Crippen molar-refractivity contribution in [2.45, 2.75) is 0 Å². The zero-order valence-electron chi connectivity index (χ0n) is 18.3. The van der Waals surface area contributed by atoms with E-state index in [0.717, 1.165) is 16.7 Å². The van der Waals surface area contributed by atoms with Crippen LogP contribution in [0.3, 0.4) is 0 Å². The summed E-state index contributed by atoms with van der Waals surface area (Å²) in [5.41, 5.74) is 8.05. The number of fused-ring (bicyclic) bond motifs is 5. The molecule has 2 nitrogen and oxygen atoms in total. The second kappa shape index (κ2) is 7.68. The van der Waals surface area contributed by atoms with Gasteiger partial charge in [-0.3, -0.25) is 4.40 Å². The highest BCUT2D eigenvalue weighted by molar-refractivity contribution is 7.18. The number of pyridine rings is 1. The van der Waals surface area contributed by atoms with E-state index in [9.17, 15) is 0 Å². The molecule has 3 heterocycles. The topological polar surface area (TPSA) is 17.3 Å². The quantitative estimate of drug-likeness (QED) is 0.262. The van der Waals surface area contributed by atoms with Crippen LogP contribution in [0.5, 0.6) is 0 Å². The number of imidazole rings is 1. The monoisotopic (exact) mass is 452 g/mol. The molecule has 0 bridgehead atoms. The average Bonchev–Trinajstić information content (AvgIpc) is 3.54. The van der Waals surface area contributed by atoms with Crippen molar-refractivity contribution in [3.63, 3.8) is 0 Å². The predicted molar refractivity (Wildman–Crippen MR) is 144 cm³/mol. The van der Waals surface area contributed by atoms with Crippen molar-refractivity contribution in [3.8, 4) is 32.0 Å². The van der Waals surface area contributed by atoms with E-state index in [2.05, 4.69) is 126 Å². The standard InChI is InChI=1S/C31H20N2S/c1-3-9-21(10-4-1)26-20-33-28-19-23(30-18-17-29(34-30)22-11-5-2-6-12-22)15-16-27(28)32-31(33)25-14-8-7-13-24(25)26/h1-20H. The number of thiophene rings is 1. The van der Waals surface area contributed by atoms with Crippen molar-refractivity contribution < 1.29 is 0 Å². The van der Waals surface area contributed by atoms with Crippen LogP contribution in [0.4, 0.5) is 0 Å². The first-order valence-corrected chi connectivity index (χ1v) is 12.2. The predicted octanol–water partition coefficient (Wildman–Crippen LogP) is 8.70. The average molecular weight is 453 g/mol. The Bertz CT molecular complexity index is 1790. The Morgan fingerprint density at radius 1 is 0.559 bits per heavy atom. The highest BCUT2D eigenvalue weighted by Gasteiger charge is 2.14. The molecule has 4 aromatic carbocycles. The molecule has 0 saturated heterocycles. The molecular weight excluding hydrogens is 432 g/mol.